The molecule has 2 fully saturated rings. The molecule has 1 unspecified atom stereocenters. The molecule has 7 nitrogen and oxygen atoms in total. The standard InChI is InChI=1S/C14H20N4O3/c19-13(11-1-2-11)10-16-5-7-17(8-6-16)14-4-3-12(9-15-14)18(20)21/h3-4,9,11,13,19H,1-2,5-8,10H2. The monoisotopic (exact) mass is 292 g/mol. The van der Waals surface area contributed by atoms with Crippen LogP contribution in [0.5, 0.6) is 0 Å². The Balaban J connectivity index is 1.51. The smallest absolute Gasteiger partial charge is 0.287 e. The minimum absolute atomic E-state index is 0.0185. The number of hydrogen-bond donors (Lipinski definition) is 1. The lowest BCUT2D eigenvalue weighted by Crippen LogP contribution is -2.49. The molecule has 1 aliphatic carbocycles. The van der Waals surface area contributed by atoms with Gasteiger partial charge in [0.2, 0.25) is 0 Å². The van der Waals surface area contributed by atoms with Gasteiger partial charge in [0.25, 0.3) is 5.69 Å². The molecule has 0 bridgehead atoms. The highest BCUT2D eigenvalue weighted by atomic mass is 16.6. The predicted molar refractivity (Wildman–Crippen MR) is 78.3 cm³/mol. The molecule has 1 saturated carbocycles. The first-order valence-corrected chi connectivity index (χ1v) is 7.39. The summed E-state index contributed by atoms with van der Waals surface area (Å²) >= 11 is 0. The zero-order valence-electron chi connectivity index (χ0n) is 11.9. The lowest BCUT2D eigenvalue weighted by molar-refractivity contribution is -0.385. The van der Waals surface area contributed by atoms with Gasteiger partial charge in [0.05, 0.1) is 11.0 Å². The van der Waals surface area contributed by atoms with Crippen molar-refractivity contribution in [1.82, 2.24) is 9.88 Å². The van der Waals surface area contributed by atoms with Crippen LogP contribution < -0.4 is 4.90 Å². The first-order chi connectivity index (χ1) is 10.1. The van der Waals surface area contributed by atoms with E-state index in [-0.39, 0.29) is 11.8 Å². The second-order valence-corrected chi connectivity index (χ2v) is 5.82. The Morgan fingerprint density at radius 1 is 1.33 bits per heavy atom. The van der Waals surface area contributed by atoms with Crippen LogP contribution in [0.15, 0.2) is 18.3 Å². The second kappa shape index (κ2) is 5.95. The minimum atomic E-state index is -0.437. The fourth-order valence-corrected chi connectivity index (χ4v) is 2.73. The Bertz CT molecular complexity index is 495. The molecule has 0 amide bonds. The van der Waals surface area contributed by atoms with Crippen LogP contribution in [0.2, 0.25) is 0 Å². The number of hydrogen-bond acceptors (Lipinski definition) is 6. The van der Waals surface area contributed by atoms with Gasteiger partial charge in [-0.25, -0.2) is 4.98 Å². The number of anilines is 1. The van der Waals surface area contributed by atoms with Crippen LogP contribution in [0.4, 0.5) is 11.5 Å². The van der Waals surface area contributed by atoms with E-state index in [1.807, 2.05) is 0 Å². The van der Waals surface area contributed by atoms with Gasteiger partial charge in [-0.1, -0.05) is 0 Å². The second-order valence-electron chi connectivity index (χ2n) is 5.82. The molecule has 0 radical (unpaired) electrons. The number of aliphatic hydroxyl groups excluding tert-OH is 1. The Morgan fingerprint density at radius 2 is 2.05 bits per heavy atom. The number of nitrogens with zero attached hydrogens (tertiary/aromatic N) is 4. The summed E-state index contributed by atoms with van der Waals surface area (Å²) in [6.45, 7) is 4.21. The highest BCUT2D eigenvalue weighted by Gasteiger charge is 2.31. The van der Waals surface area contributed by atoms with E-state index in [1.54, 1.807) is 6.07 Å². The van der Waals surface area contributed by atoms with E-state index >= 15 is 0 Å². The van der Waals surface area contributed by atoms with Crippen molar-refractivity contribution < 1.29 is 10.0 Å². The minimum Gasteiger partial charge on any atom is -0.392 e. The highest BCUT2D eigenvalue weighted by Crippen LogP contribution is 2.33. The summed E-state index contributed by atoms with van der Waals surface area (Å²) in [5.41, 5.74) is 0.0185. The number of aliphatic hydroxyl groups is 1. The van der Waals surface area contributed by atoms with Gasteiger partial charge in [-0.3, -0.25) is 15.0 Å². The van der Waals surface area contributed by atoms with Crippen molar-refractivity contribution in [3.8, 4) is 0 Å². The van der Waals surface area contributed by atoms with E-state index in [1.165, 1.54) is 12.3 Å². The predicted octanol–water partition coefficient (Wildman–Crippen LogP) is 0.883. The Kier molecular flexibility index (Phi) is 4.03. The average molecular weight is 292 g/mol. The van der Waals surface area contributed by atoms with Crippen LogP contribution in [0, 0.1) is 16.0 Å². The van der Waals surface area contributed by atoms with Gasteiger partial charge in [0, 0.05) is 38.8 Å². The maximum absolute atomic E-state index is 10.6. The van der Waals surface area contributed by atoms with Gasteiger partial charge in [0.15, 0.2) is 0 Å². The van der Waals surface area contributed by atoms with E-state index in [0.29, 0.717) is 5.92 Å². The van der Waals surface area contributed by atoms with Crippen LogP contribution >= 0.6 is 0 Å². The number of piperazine rings is 1. The van der Waals surface area contributed by atoms with Crippen LogP contribution in [0.25, 0.3) is 0 Å². The molecule has 2 aliphatic rings. The van der Waals surface area contributed by atoms with Crippen LogP contribution in [0.1, 0.15) is 12.8 Å². The summed E-state index contributed by atoms with van der Waals surface area (Å²) in [7, 11) is 0. The third kappa shape index (κ3) is 3.48. The first kappa shape index (κ1) is 14.2. The Labute approximate surface area is 123 Å². The molecule has 0 aromatic carbocycles. The van der Waals surface area contributed by atoms with Gasteiger partial charge < -0.3 is 10.0 Å². The van der Waals surface area contributed by atoms with Crippen molar-refractivity contribution in [2.24, 2.45) is 5.92 Å². The Morgan fingerprint density at radius 3 is 2.57 bits per heavy atom. The summed E-state index contributed by atoms with van der Waals surface area (Å²) in [5.74, 6) is 1.29. The van der Waals surface area contributed by atoms with Crippen molar-refractivity contribution in [2.75, 3.05) is 37.6 Å². The summed E-state index contributed by atoms with van der Waals surface area (Å²) < 4.78 is 0. The SMILES string of the molecule is O=[N+]([O-])c1ccc(N2CCN(CC(O)C3CC3)CC2)nc1. The summed E-state index contributed by atoms with van der Waals surface area (Å²) in [4.78, 5) is 18.8. The number of pyridine rings is 1. The molecule has 1 saturated heterocycles. The quantitative estimate of drug-likeness (QED) is 0.641. The largest absolute Gasteiger partial charge is 0.392 e. The fourth-order valence-electron chi connectivity index (χ4n) is 2.73. The zero-order chi connectivity index (χ0) is 14.8. The van der Waals surface area contributed by atoms with Gasteiger partial charge in [0.1, 0.15) is 12.0 Å². The number of aromatic nitrogens is 1. The van der Waals surface area contributed by atoms with Crippen molar-refractivity contribution in [2.45, 2.75) is 18.9 Å². The lowest BCUT2D eigenvalue weighted by Gasteiger charge is -2.36. The van der Waals surface area contributed by atoms with E-state index in [0.717, 1.165) is 51.4 Å². The molecule has 0 spiro atoms. The van der Waals surface area contributed by atoms with Gasteiger partial charge >= 0.3 is 0 Å². The number of rotatable bonds is 5. The van der Waals surface area contributed by atoms with E-state index < -0.39 is 4.92 Å². The molecule has 3 rings (SSSR count). The normalized spacial score (nSPS) is 21.3. The molecule has 1 atom stereocenters. The lowest BCUT2D eigenvalue weighted by atomic mass is 10.2. The third-order valence-corrected chi connectivity index (χ3v) is 4.25. The summed E-state index contributed by atoms with van der Waals surface area (Å²) in [6, 6.07) is 3.19. The van der Waals surface area contributed by atoms with Gasteiger partial charge in [-0.2, -0.15) is 0 Å². The van der Waals surface area contributed by atoms with Crippen LogP contribution in [-0.2, 0) is 0 Å². The summed E-state index contributed by atoms with van der Waals surface area (Å²) in [6.07, 6.45) is 3.44. The van der Waals surface area contributed by atoms with E-state index in [4.69, 9.17) is 0 Å². The molecule has 1 aliphatic heterocycles. The topological polar surface area (TPSA) is 82.7 Å². The average Bonchev–Trinajstić information content (AvgIpc) is 3.33. The van der Waals surface area contributed by atoms with Crippen molar-refractivity contribution in [3.63, 3.8) is 0 Å². The summed E-state index contributed by atoms with van der Waals surface area (Å²) in [5, 5.41) is 20.6. The third-order valence-electron chi connectivity index (χ3n) is 4.25. The molecular weight excluding hydrogens is 272 g/mol. The maximum Gasteiger partial charge on any atom is 0.287 e. The molecule has 7 heteroatoms. The van der Waals surface area contributed by atoms with E-state index in [2.05, 4.69) is 14.8 Å². The molecule has 1 N–H and O–H groups in total. The highest BCUT2D eigenvalue weighted by molar-refractivity contribution is 5.43. The van der Waals surface area contributed by atoms with Crippen LogP contribution in [0.3, 0.4) is 0 Å². The molecular formula is C14H20N4O3. The van der Waals surface area contributed by atoms with Crippen molar-refractivity contribution >= 4 is 11.5 Å². The van der Waals surface area contributed by atoms with Gasteiger partial charge in [-0.05, 0) is 24.8 Å². The molecule has 1 aromatic heterocycles. The van der Waals surface area contributed by atoms with Gasteiger partial charge in [-0.15, -0.1) is 0 Å². The first-order valence-electron chi connectivity index (χ1n) is 7.39. The van der Waals surface area contributed by atoms with Crippen molar-refractivity contribution in [1.29, 1.82) is 0 Å². The molecule has 21 heavy (non-hydrogen) atoms. The molecule has 1 aromatic rings. The number of β-amino-alcohol motifs (C(OH)–C–C–N with tert-alkyl or cyclic N) is 1. The number of nitro groups is 1. The zero-order valence-corrected chi connectivity index (χ0v) is 11.9. The molecule has 114 valence electrons. The van der Waals surface area contributed by atoms with E-state index in [9.17, 15) is 15.2 Å². The molecule has 2 heterocycles. The van der Waals surface area contributed by atoms with Crippen LogP contribution in [-0.4, -0.2) is 58.7 Å². The van der Waals surface area contributed by atoms with Crippen molar-refractivity contribution in [3.05, 3.63) is 28.4 Å². The Hall–Kier alpha value is -1.73. The maximum atomic E-state index is 10.6. The fraction of sp³-hybridized carbons (Fsp3) is 0.643.